The van der Waals surface area contributed by atoms with Gasteiger partial charge in [0.15, 0.2) is 0 Å². The predicted molar refractivity (Wildman–Crippen MR) is 92.0 cm³/mol. The third-order valence-corrected chi connectivity index (χ3v) is 5.54. The Labute approximate surface area is 156 Å². The van der Waals surface area contributed by atoms with E-state index in [1.165, 1.54) is 4.90 Å². The molecule has 0 bridgehead atoms. The number of nitrogens with zero attached hydrogens (tertiary/aromatic N) is 3. The number of nitrogens with one attached hydrogen (secondary N) is 1. The zero-order valence-electron chi connectivity index (χ0n) is 15.6. The van der Waals surface area contributed by atoms with E-state index in [4.69, 9.17) is 4.74 Å². The van der Waals surface area contributed by atoms with Crippen molar-refractivity contribution in [1.29, 1.82) is 0 Å². The summed E-state index contributed by atoms with van der Waals surface area (Å²) in [5.74, 6) is -0.767. The Morgan fingerprint density at radius 3 is 2.67 bits per heavy atom. The van der Waals surface area contributed by atoms with Gasteiger partial charge < -0.3 is 15.0 Å². The number of hydrogen-bond donors (Lipinski definition) is 1. The molecule has 2 fully saturated rings. The van der Waals surface area contributed by atoms with Crippen molar-refractivity contribution < 1.29 is 22.7 Å². The molecule has 1 atom stereocenters. The van der Waals surface area contributed by atoms with Crippen LogP contribution in [0.2, 0.25) is 0 Å². The molecule has 2 aliphatic rings. The van der Waals surface area contributed by atoms with Gasteiger partial charge in [-0.05, 0) is 39.2 Å². The van der Waals surface area contributed by atoms with Crippen molar-refractivity contribution in [2.45, 2.75) is 45.8 Å². The van der Waals surface area contributed by atoms with Crippen LogP contribution in [-0.2, 0) is 11.3 Å². The fraction of sp³-hybridized carbons (Fsp3) is 0.722. The van der Waals surface area contributed by atoms with Gasteiger partial charge in [-0.3, -0.25) is 0 Å². The lowest BCUT2D eigenvalue weighted by Crippen LogP contribution is -2.58. The Hall–Kier alpha value is -1.90. The summed E-state index contributed by atoms with van der Waals surface area (Å²) in [6.07, 6.45) is -3.67. The van der Waals surface area contributed by atoms with Gasteiger partial charge in [0, 0.05) is 37.4 Å². The highest BCUT2D eigenvalue weighted by molar-refractivity contribution is 5.74. The molecule has 1 aromatic rings. The van der Waals surface area contributed by atoms with E-state index in [-0.39, 0.29) is 32.1 Å². The number of carbonyl (C=O) groups excluding carboxylic acids is 1. The standard InChI is InChI=1S/C18H25F3N4O2/c1-12-9-14(24-13(2)23-12)10-22-16(26)25-6-3-15(18(19,20)21)17(11-25)4-7-27-8-5-17/h9,15H,3-8,10-11H2,1-2H3,(H,22,26). The maximum absolute atomic E-state index is 13.6. The van der Waals surface area contributed by atoms with E-state index >= 15 is 0 Å². The zero-order chi connectivity index (χ0) is 19.7. The molecule has 3 heterocycles. The van der Waals surface area contributed by atoms with E-state index < -0.39 is 17.5 Å². The molecule has 1 spiro atoms. The van der Waals surface area contributed by atoms with Gasteiger partial charge in [0.05, 0.1) is 18.2 Å². The molecule has 0 radical (unpaired) electrons. The molecule has 1 N–H and O–H groups in total. The fourth-order valence-electron chi connectivity index (χ4n) is 4.29. The molecule has 3 rings (SSSR count). The number of halogens is 3. The Balaban J connectivity index is 1.67. The van der Waals surface area contributed by atoms with Gasteiger partial charge in [-0.1, -0.05) is 0 Å². The molecule has 9 heteroatoms. The maximum Gasteiger partial charge on any atom is 0.392 e. The largest absolute Gasteiger partial charge is 0.392 e. The first-order valence-corrected chi connectivity index (χ1v) is 9.18. The molecular weight excluding hydrogens is 361 g/mol. The quantitative estimate of drug-likeness (QED) is 0.849. The van der Waals surface area contributed by atoms with E-state index in [0.717, 1.165) is 5.69 Å². The molecule has 1 unspecified atom stereocenters. The van der Waals surface area contributed by atoms with Crippen LogP contribution < -0.4 is 5.32 Å². The number of ether oxygens (including phenoxy) is 1. The molecule has 27 heavy (non-hydrogen) atoms. The summed E-state index contributed by atoms with van der Waals surface area (Å²) in [4.78, 5) is 22.5. The second-order valence-corrected chi connectivity index (χ2v) is 7.49. The first-order valence-electron chi connectivity index (χ1n) is 9.18. The number of aromatic nitrogens is 2. The number of amides is 2. The van der Waals surface area contributed by atoms with Crippen molar-refractivity contribution in [3.05, 3.63) is 23.3 Å². The van der Waals surface area contributed by atoms with E-state index in [0.29, 0.717) is 37.6 Å². The summed E-state index contributed by atoms with van der Waals surface area (Å²) in [6, 6.07) is 1.43. The van der Waals surface area contributed by atoms with Crippen LogP contribution in [0.1, 0.15) is 36.5 Å². The number of rotatable bonds is 2. The van der Waals surface area contributed by atoms with Crippen molar-refractivity contribution in [2.24, 2.45) is 11.3 Å². The van der Waals surface area contributed by atoms with Crippen LogP contribution in [0.5, 0.6) is 0 Å². The Morgan fingerprint density at radius 2 is 2.04 bits per heavy atom. The average molecular weight is 386 g/mol. The molecule has 1 aromatic heterocycles. The molecule has 0 aliphatic carbocycles. The molecule has 2 amide bonds. The number of piperidine rings is 1. The molecular formula is C18H25F3N4O2. The van der Waals surface area contributed by atoms with Crippen LogP contribution in [0.4, 0.5) is 18.0 Å². The Bertz CT molecular complexity index is 669. The van der Waals surface area contributed by atoms with Gasteiger partial charge in [-0.15, -0.1) is 0 Å². The molecule has 150 valence electrons. The summed E-state index contributed by atoms with van der Waals surface area (Å²) < 4.78 is 46.0. The van der Waals surface area contributed by atoms with E-state index in [9.17, 15) is 18.0 Å². The zero-order valence-corrected chi connectivity index (χ0v) is 15.6. The second-order valence-electron chi connectivity index (χ2n) is 7.49. The Morgan fingerprint density at radius 1 is 1.33 bits per heavy atom. The number of likely N-dealkylation sites (tertiary alicyclic amines) is 1. The molecule has 0 aromatic carbocycles. The summed E-state index contributed by atoms with van der Waals surface area (Å²) >= 11 is 0. The molecule has 6 nitrogen and oxygen atoms in total. The first kappa shape index (κ1) is 19.9. The summed E-state index contributed by atoms with van der Waals surface area (Å²) in [6.45, 7) is 4.65. The van der Waals surface area contributed by atoms with Crippen molar-refractivity contribution in [2.75, 3.05) is 26.3 Å². The summed E-state index contributed by atoms with van der Waals surface area (Å²) in [5, 5.41) is 2.78. The van der Waals surface area contributed by atoms with Crippen molar-refractivity contribution in [1.82, 2.24) is 20.2 Å². The average Bonchev–Trinajstić information content (AvgIpc) is 2.58. The smallest absolute Gasteiger partial charge is 0.381 e. The van der Waals surface area contributed by atoms with Gasteiger partial charge in [0.1, 0.15) is 5.82 Å². The van der Waals surface area contributed by atoms with Crippen LogP contribution in [0.15, 0.2) is 6.07 Å². The lowest BCUT2D eigenvalue weighted by molar-refractivity contribution is -0.232. The number of alkyl halides is 3. The van der Waals surface area contributed by atoms with E-state index in [1.807, 2.05) is 6.92 Å². The van der Waals surface area contributed by atoms with Crippen LogP contribution in [-0.4, -0.2) is 53.4 Å². The van der Waals surface area contributed by atoms with Gasteiger partial charge >= 0.3 is 12.2 Å². The van der Waals surface area contributed by atoms with Crippen LogP contribution >= 0.6 is 0 Å². The lowest BCUT2D eigenvalue weighted by atomic mass is 9.66. The van der Waals surface area contributed by atoms with Crippen LogP contribution in [0, 0.1) is 25.2 Å². The first-order chi connectivity index (χ1) is 12.7. The highest BCUT2D eigenvalue weighted by Gasteiger charge is 2.56. The minimum Gasteiger partial charge on any atom is -0.381 e. The number of carbonyl (C=O) groups is 1. The fourth-order valence-corrected chi connectivity index (χ4v) is 4.29. The predicted octanol–water partition coefficient (Wildman–Crippen LogP) is 2.98. The summed E-state index contributed by atoms with van der Waals surface area (Å²) in [5.41, 5.74) is 0.534. The van der Waals surface area contributed by atoms with Gasteiger partial charge in [-0.2, -0.15) is 13.2 Å². The van der Waals surface area contributed by atoms with Crippen LogP contribution in [0.25, 0.3) is 0 Å². The van der Waals surface area contributed by atoms with E-state index in [1.54, 1.807) is 13.0 Å². The maximum atomic E-state index is 13.6. The highest BCUT2D eigenvalue weighted by atomic mass is 19.4. The third kappa shape index (κ3) is 4.51. The lowest BCUT2D eigenvalue weighted by Gasteiger charge is -2.50. The number of hydrogen-bond acceptors (Lipinski definition) is 4. The van der Waals surface area contributed by atoms with Gasteiger partial charge in [-0.25, -0.2) is 14.8 Å². The molecule has 2 saturated heterocycles. The summed E-state index contributed by atoms with van der Waals surface area (Å²) in [7, 11) is 0. The molecule has 2 aliphatic heterocycles. The van der Waals surface area contributed by atoms with Crippen molar-refractivity contribution >= 4 is 6.03 Å². The third-order valence-electron chi connectivity index (χ3n) is 5.54. The van der Waals surface area contributed by atoms with Crippen molar-refractivity contribution in [3.63, 3.8) is 0 Å². The SMILES string of the molecule is Cc1cc(CNC(=O)N2CCC(C(F)(F)F)C3(CCOCC3)C2)nc(C)n1. The molecule has 0 saturated carbocycles. The highest BCUT2D eigenvalue weighted by Crippen LogP contribution is 2.50. The van der Waals surface area contributed by atoms with Crippen LogP contribution in [0.3, 0.4) is 0 Å². The Kier molecular flexibility index (Phi) is 5.60. The number of aryl methyl sites for hydroxylation is 2. The minimum atomic E-state index is -4.25. The topological polar surface area (TPSA) is 67.4 Å². The monoisotopic (exact) mass is 386 g/mol. The second kappa shape index (κ2) is 7.61. The van der Waals surface area contributed by atoms with Gasteiger partial charge in [0.25, 0.3) is 0 Å². The normalized spacial score (nSPS) is 22.7. The van der Waals surface area contributed by atoms with Crippen molar-refractivity contribution in [3.8, 4) is 0 Å². The van der Waals surface area contributed by atoms with E-state index in [2.05, 4.69) is 15.3 Å². The minimum absolute atomic E-state index is 0.0668. The van der Waals surface area contributed by atoms with Gasteiger partial charge in [0.2, 0.25) is 0 Å². The number of urea groups is 1.